The molecule has 1 saturated heterocycles. The fraction of sp³-hybridized carbons (Fsp3) is 0.938. The molecule has 0 spiro atoms. The molecule has 19 heavy (non-hydrogen) atoms. The van der Waals surface area contributed by atoms with Crippen molar-refractivity contribution in [1.29, 1.82) is 0 Å². The molecule has 1 aliphatic carbocycles. The van der Waals surface area contributed by atoms with Gasteiger partial charge >= 0.3 is 0 Å². The van der Waals surface area contributed by atoms with Crippen LogP contribution >= 0.6 is 0 Å². The van der Waals surface area contributed by atoms with E-state index in [4.69, 9.17) is 0 Å². The fourth-order valence-electron chi connectivity index (χ4n) is 3.68. The molecular weight excluding hydrogens is 236 g/mol. The van der Waals surface area contributed by atoms with Gasteiger partial charge in [-0.3, -0.25) is 4.79 Å². The van der Waals surface area contributed by atoms with Crippen molar-refractivity contribution in [3.63, 3.8) is 0 Å². The number of nitrogens with zero attached hydrogens (tertiary/aromatic N) is 1. The molecule has 0 aromatic heterocycles. The van der Waals surface area contributed by atoms with E-state index in [9.17, 15) is 4.79 Å². The SMILES string of the molecule is CC1CCCC(CCN2CCC(NC(C)C)C2=O)C1. The van der Waals surface area contributed by atoms with Gasteiger partial charge in [0.2, 0.25) is 5.91 Å². The lowest BCUT2D eigenvalue weighted by molar-refractivity contribution is -0.129. The Kier molecular flexibility index (Phi) is 5.26. The van der Waals surface area contributed by atoms with E-state index in [2.05, 4.69) is 31.0 Å². The molecule has 3 nitrogen and oxygen atoms in total. The Labute approximate surface area is 118 Å². The van der Waals surface area contributed by atoms with Crippen LogP contribution in [0.4, 0.5) is 0 Å². The van der Waals surface area contributed by atoms with Crippen LogP contribution in [0.3, 0.4) is 0 Å². The molecule has 0 aromatic rings. The van der Waals surface area contributed by atoms with Crippen molar-refractivity contribution in [2.24, 2.45) is 11.8 Å². The highest BCUT2D eigenvalue weighted by Gasteiger charge is 2.32. The molecule has 110 valence electrons. The molecule has 2 fully saturated rings. The lowest BCUT2D eigenvalue weighted by atomic mass is 9.81. The van der Waals surface area contributed by atoms with Crippen molar-refractivity contribution >= 4 is 5.91 Å². The van der Waals surface area contributed by atoms with Gasteiger partial charge in [-0.25, -0.2) is 0 Å². The van der Waals surface area contributed by atoms with Crippen molar-refractivity contribution in [2.75, 3.05) is 13.1 Å². The minimum absolute atomic E-state index is 0.0743. The van der Waals surface area contributed by atoms with E-state index in [0.29, 0.717) is 11.9 Å². The molecule has 0 radical (unpaired) electrons. The van der Waals surface area contributed by atoms with Crippen LogP contribution < -0.4 is 5.32 Å². The first-order chi connectivity index (χ1) is 9.06. The van der Waals surface area contributed by atoms with Crippen molar-refractivity contribution in [3.05, 3.63) is 0 Å². The molecule has 0 aromatic carbocycles. The Hall–Kier alpha value is -0.570. The van der Waals surface area contributed by atoms with E-state index in [1.165, 1.54) is 32.1 Å². The van der Waals surface area contributed by atoms with Crippen LogP contribution in [0, 0.1) is 11.8 Å². The van der Waals surface area contributed by atoms with E-state index in [1.807, 2.05) is 0 Å². The van der Waals surface area contributed by atoms with Gasteiger partial charge in [-0.2, -0.15) is 0 Å². The molecule has 2 aliphatic rings. The normalized spacial score (nSPS) is 32.3. The van der Waals surface area contributed by atoms with Crippen molar-refractivity contribution in [3.8, 4) is 0 Å². The summed E-state index contributed by atoms with van der Waals surface area (Å²) < 4.78 is 0. The average Bonchev–Trinajstić information content (AvgIpc) is 2.68. The van der Waals surface area contributed by atoms with Crippen molar-refractivity contribution in [1.82, 2.24) is 10.2 Å². The Morgan fingerprint density at radius 1 is 1.32 bits per heavy atom. The zero-order chi connectivity index (χ0) is 13.8. The molecule has 1 N–H and O–H groups in total. The Morgan fingerprint density at radius 3 is 2.79 bits per heavy atom. The zero-order valence-corrected chi connectivity index (χ0v) is 12.8. The van der Waals surface area contributed by atoms with E-state index in [0.717, 1.165) is 31.3 Å². The van der Waals surface area contributed by atoms with Gasteiger partial charge in [-0.05, 0) is 31.1 Å². The molecule has 1 aliphatic heterocycles. The summed E-state index contributed by atoms with van der Waals surface area (Å²) in [5.41, 5.74) is 0. The molecular formula is C16H30N2O. The van der Waals surface area contributed by atoms with Gasteiger partial charge in [0.05, 0.1) is 6.04 Å². The molecule has 2 rings (SSSR count). The third kappa shape index (κ3) is 4.20. The summed E-state index contributed by atoms with van der Waals surface area (Å²) in [5.74, 6) is 2.08. The van der Waals surface area contributed by atoms with Gasteiger partial charge in [0.25, 0.3) is 0 Å². The van der Waals surface area contributed by atoms with Gasteiger partial charge in [0.1, 0.15) is 0 Å². The average molecular weight is 266 g/mol. The highest BCUT2D eigenvalue weighted by Crippen LogP contribution is 2.31. The molecule has 1 saturated carbocycles. The number of likely N-dealkylation sites (tertiary alicyclic amines) is 1. The van der Waals surface area contributed by atoms with Gasteiger partial charge in [-0.15, -0.1) is 0 Å². The predicted molar refractivity (Wildman–Crippen MR) is 79.0 cm³/mol. The Balaban J connectivity index is 1.73. The van der Waals surface area contributed by atoms with Crippen LogP contribution in [0.1, 0.15) is 59.3 Å². The number of carbonyl (C=O) groups excluding carboxylic acids is 1. The predicted octanol–water partition coefficient (Wildman–Crippen LogP) is 2.80. The molecule has 1 amide bonds. The number of hydrogen-bond donors (Lipinski definition) is 1. The quantitative estimate of drug-likeness (QED) is 0.830. The smallest absolute Gasteiger partial charge is 0.239 e. The van der Waals surface area contributed by atoms with E-state index < -0.39 is 0 Å². The fourth-order valence-corrected chi connectivity index (χ4v) is 3.68. The Bertz CT molecular complexity index is 303. The topological polar surface area (TPSA) is 32.3 Å². The van der Waals surface area contributed by atoms with Crippen molar-refractivity contribution < 1.29 is 4.79 Å². The summed E-state index contributed by atoms with van der Waals surface area (Å²) in [6.45, 7) is 8.52. The summed E-state index contributed by atoms with van der Waals surface area (Å²) in [5, 5.41) is 3.38. The van der Waals surface area contributed by atoms with Gasteiger partial charge in [0.15, 0.2) is 0 Å². The number of amides is 1. The number of nitrogens with one attached hydrogen (secondary N) is 1. The second-order valence-electron chi connectivity index (χ2n) is 6.91. The highest BCUT2D eigenvalue weighted by atomic mass is 16.2. The van der Waals surface area contributed by atoms with Crippen molar-refractivity contribution in [2.45, 2.75) is 71.4 Å². The summed E-state index contributed by atoms with van der Waals surface area (Å²) >= 11 is 0. The third-order valence-electron chi connectivity index (χ3n) is 4.68. The summed E-state index contributed by atoms with van der Waals surface area (Å²) in [4.78, 5) is 14.3. The highest BCUT2D eigenvalue weighted by molar-refractivity contribution is 5.83. The first-order valence-electron chi connectivity index (χ1n) is 8.11. The first-order valence-corrected chi connectivity index (χ1v) is 8.11. The van der Waals surface area contributed by atoms with Gasteiger partial charge in [-0.1, -0.05) is 40.0 Å². The van der Waals surface area contributed by atoms with Crippen LogP contribution in [0.5, 0.6) is 0 Å². The molecule has 3 atom stereocenters. The molecule has 1 heterocycles. The number of carbonyl (C=O) groups is 1. The second-order valence-corrected chi connectivity index (χ2v) is 6.91. The maximum atomic E-state index is 12.2. The second kappa shape index (κ2) is 6.74. The summed E-state index contributed by atoms with van der Waals surface area (Å²) in [7, 11) is 0. The largest absolute Gasteiger partial charge is 0.341 e. The maximum Gasteiger partial charge on any atom is 0.239 e. The molecule has 3 unspecified atom stereocenters. The van der Waals surface area contributed by atoms with E-state index in [1.54, 1.807) is 0 Å². The summed E-state index contributed by atoms with van der Waals surface area (Å²) in [6.07, 6.45) is 7.73. The van der Waals surface area contributed by atoms with Crippen LogP contribution in [-0.4, -0.2) is 36.0 Å². The minimum atomic E-state index is 0.0743. The standard InChI is InChI=1S/C16H30N2O/c1-12(2)17-15-8-10-18(16(15)19)9-7-14-6-4-5-13(3)11-14/h12-15,17H,4-11H2,1-3H3. The monoisotopic (exact) mass is 266 g/mol. The first kappa shape index (κ1) is 14.8. The molecule has 0 bridgehead atoms. The lowest BCUT2D eigenvalue weighted by Gasteiger charge is -2.28. The lowest BCUT2D eigenvalue weighted by Crippen LogP contribution is -2.41. The van der Waals surface area contributed by atoms with Crippen LogP contribution in [0.2, 0.25) is 0 Å². The van der Waals surface area contributed by atoms with E-state index in [-0.39, 0.29) is 6.04 Å². The van der Waals surface area contributed by atoms with E-state index >= 15 is 0 Å². The number of rotatable bonds is 5. The van der Waals surface area contributed by atoms with Crippen LogP contribution in [0.25, 0.3) is 0 Å². The Morgan fingerprint density at radius 2 is 2.11 bits per heavy atom. The minimum Gasteiger partial charge on any atom is -0.341 e. The maximum absolute atomic E-state index is 12.2. The zero-order valence-electron chi connectivity index (χ0n) is 12.8. The van der Waals surface area contributed by atoms with Crippen LogP contribution in [0.15, 0.2) is 0 Å². The molecule has 3 heteroatoms. The van der Waals surface area contributed by atoms with Gasteiger partial charge < -0.3 is 10.2 Å². The summed E-state index contributed by atoms with van der Waals surface area (Å²) in [6, 6.07) is 0.471. The van der Waals surface area contributed by atoms with Crippen LogP contribution in [-0.2, 0) is 4.79 Å². The number of hydrogen-bond acceptors (Lipinski definition) is 2. The van der Waals surface area contributed by atoms with Gasteiger partial charge in [0, 0.05) is 19.1 Å². The third-order valence-corrected chi connectivity index (χ3v) is 4.68.